The highest BCUT2D eigenvalue weighted by Crippen LogP contribution is 2.33. The summed E-state index contributed by atoms with van der Waals surface area (Å²) in [5, 5.41) is 2.63. The lowest BCUT2D eigenvalue weighted by atomic mass is 9.99. The average molecular weight is 384 g/mol. The number of rotatable bonds is 3. The number of anilines is 1. The summed E-state index contributed by atoms with van der Waals surface area (Å²) in [5.74, 6) is -0.347. The van der Waals surface area contributed by atoms with Crippen LogP contribution in [0.5, 0.6) is 0 Å². The molecule has 3 nitrogen and oxygen atoms in total. The number of benzene rings is 2. The number of nitrogens with one attached hydrogen (secondary N) is 2. The lowest BCUT2D eigenvalue weighted by Gasteiger charge is -2.30. The monoisotopic (exact) mass is 383 g/mol. The predicted octanol–water partition coefficient (Wildman–Crippen LogP) is 3.33. The van der Waals surface area contributed by atoms with Gasteiger partial charge in [-0.1, -0.05) is 35.9 Å². The molecule has 0 saturated heterocycles. The first-order valence-electron chi connectivity index (χ1n) is 8.34. The molecule has 0 spiro atoms. The van der Waals surface area contributed by atoms with E-state index >= 15 is 0 Å². The largest absolute Gasteiger partial charge is 0.416 e. The summed E-state index contributed by atoms with van der Waals surface area (Å²) in [6.45, 7) is 3.28. The van der Waals surface area contributed by atoms with Crippen LogP contribution < -0.4 is 10.2 Å². The van der Waals surface area contributed by atoms with Gasteiger partial charge < -0.3 is 10.2 Å². The first kappa shape index (κ1) is 18.7. The molecule has 1 aliphatic rings. The van der Waals surface area contributed by atoms with E-state index in [2.05, 4.69) is 11.4 Å². The van der Waals surface area contributed by atoms with Crippen LogP contribution in [0.3, 0.4) is 0 Å². The van der Waals surface area contributed by atoms with Crippen molar-refractivity contribution in [1.82, 2.24) is 0 Å². The van der Waals surface area contributed by atoms with E-state index in [9.17, 15) is 18.0 Å². The third-order valence-corrected chi connectivity index (χ3v) is 5.14. The summed E-state index contributed by atoms with van der Waals surface area (Å²) in [5.41, 5.74) is 1.62. The van der Waals surface area contributed by atoms with Gasteiger partial charge in [0, 0.05) is 12.0 Å². The van der Waals surface area contributed by atoms with E-state index in [1.807, 2.05) is 18.2 Å². The van der Waals surface area contributed by atoms with Crippen LogP contribution in [0.15, 0.2) is 42.5 Å². The zero-order valence-corrected chi connectivity index (χ0v) is 14.9. The van der Waals surface area contributed by atoms with Crippen LogP contribution in [0, 0.1) is 0 Å². The van der Waals surface area contributed by atoms with Gasteiger partial charge in [-0.25, -0.2) is 0 Å². The van der Waals surface area contributed by atoms with Crippen molar-refractivity contribution in [2.24, 2.45) is 0 Å². The van der Waals surface area contributed by atoms with E-state index in [1.165, 1.54) is 11.1 Å². The summed E-state index contributed by atoms with van der Waals surface area (Å²) >= 11 is 5.96. The molecular weight excluding hydrogens is 365 g/mol. The lowest BCUT2D eigenvalue weighted by molar-refractivity contribution is -0.929. The van der Waals surface area contributed by atoms with Crippen LogP contribution >= 0.6 is 11.6 Å². The van der Waals surface area contributed by atoms with E-state index in [0.717, 1.165) is 36.1 Å². The number of alkyl halides is 3. The minimum Gasteiger partial charge on any atom is -0.321 e. The number of carbonyl (C=O) groups excluding carboxylic acids is 1. The predicted molar refractivity (Wildman–Crippen MR) is 94.2 cm³/mol. The fourth-order valence-corrected chi connectivity index (χ4v) is 3.36. The van der Waals surface area contributed by atoms with Gasteiger partial charge in [0.15, 0.2) is 6.04 Å². The highest BCUT2D eigenvalue weighted by atomic mass is 35.5. The second kappa shape index (κ2) is 7.29. The minimum absolute atomic E-state index is 0.0184. The summed E-state index contributed by atoms with van der Waals surface area (Å²) in [6, 6.07) is 10.6. The molecule has 2 N–H and O–H groups in total. The molecule has 2 aromatic rings. The number of carbonyl (C=O) groups is 1. The molecule has 2 aromatic carbocycles. The van der Waals surface area contributed by atoms with E-state index in [1.54, 1.807) is 6.92 Å². The number of hydrogen-bond acceptors (Lipinski definition) is 1. The van der Waals surface area contributed by atoms with Gasteiger partial charge in [-0.05, 0) is 30.7 Å². The maximum absolute atomic E-state index is 12.9. The molecule has 1 amide bonds. The molecule has 1 unspecified atom stereocenters. The maximum Gasteiger partial charge on any atom is 0.416 e. The van der Waals surface area contributed by atoms with Crippen molar-refractivity contribution in [3.05, 3.63) is 64.2 Å². The Hall–Kier alpha value is -2.05. The summed E-state index contributed by atoms with van der Waals surface area (Å²) in [6.07, 6.45) is -3.62. The number of halogens is 4. The molecular formula is C19H19ClF3N2O+. The first-order valence-corrected chi connectivity index (χ1v) is 8.72. The summed E-state index contributed by atoms with van der Waals surface area (Å²) in [4.78, 5) is 13.6. The number of fused-ring (bicyclic) bond motifs is 1. The van der Waals surface area contributed by atoms with Crippen molar-refractivity contribution in [2.75, 3.05) is 11.9 Å². The second-order valence-electron chi connectivity index (χ2n) is 6.51. The smallest absolute Gasteiger partial charge is 0.321 e. The van der Waals surface area contributed by atoms with Gasteiger partial charge in [-0.15, -0.1) is 0 Å². The SMILES string of the molecule is C[C@H](C(=O)Nc1cc(C(F)(F)F)ccc1Cl)[NH+]1CCc2ccccc2C1. The molecule has 0 aliphatic carbocycles. The third kappa shape index (κ3) is 4.02. The van der Waals surface area contributed by atoms with Crippen molar-refractivity contribution in [1.29, 1.82) is 0 Å². The van der Waals surface area contributed by atoms with Gasteiger partial charge in [-0.3, -0.25) is 4.79 Å². The minimum atomic E-state index is -4.49. The Morgan fingerprint density at radius 3 is 2.58 bits per heavy atom. The fraction of sp³-hybridized carbons (Fsp3) is 0.316. The van der Waals surface area contributed by atoms with Gasteiger partial charge in [0.1, 0.15) is 6.54 Å². The first-order chi connectivity index (χ1) is 12.3. The lowest BCUT2D eigenvalue weighted by Crippen LogP contribution is -3.16. The second-order valence-corrected chi connectivity index (χ2v) is 6.91. The van der Waals surface area contributed by atoms with E-state index in [0.29, 0.717) is 6.54 Å². The molecule has 26 heavy (non-hydrogen) atoms. The molecule has 2 atom stereocenters. The van der Waals surface area contributed by atoms with Crippen molar-refractivity contribution >= 4 is 23.2 Å². The van der Waals surface area contributed by atoms with Crippen molar-refractivity contribution < 1.29 is 22.9 Å². The Labute approximate surface area is 154 Å². The highest BCUT2D eigenvalue weighted by molar-refractivity contribution is 6.33. The Morgan fingerprint density at radius 1 is 1.19 bits per heavy atom. The molecule has 1 heterocycles. The van der Waals surface area contributed by atoms with Crippen LogP contribution in [0.25, 0.3) is 0 Å². The average Bonchev–Trinajstić information content (AvgIpc) is 2.61. The van der Waals surface area contributed by atoms with E-state index in [4.69, 9.17) is 11.6 Å². The number of amides is 1. The van der Waals surface area contributed by atoms with Crippen LogP contribution in [0.1, 0.15) is 23.6 Å². The normalized spacial score (nSPS) is 18.1. The zero-order chi connectivity index (χ0) is 18.9. The molecule has 0 saturated carbocycles. The Morgan fingerprint density at radius 2 is 1.88 bits per heavy atom. The van der Waals surface area contributed by atoms with Gasteiger partial charge in [0.2, 0.25) is 0 Å². The molecule has 138 valence electrons. The Bertz CT molecular complexity index is 823. The molecule has 0 fully saturated rings. The number of hydrogen-bond donors (Lipinski definition) is 2. The van der Waals surface area contributed by atoms with Gasteiger partial charge in [-0.2, -0.15) is 13.2 Å². The van der Waals surface area contributed by atoms with Gasteiger partial charge >= 0.3 is 6.18 Å². The molecule has 0 bridgehead atoms. The maximum atomic E-state index is 12.9. The molecule has 1 aliphatic heterocycles. The van der Waals surface area contributed by atoms with Crippen LogP contribution in [0.2, 0.25) is 5.02 Å². The molecule has 7 heteroatoms. The molecule has 0 radical (unpaired) electrons. The van der Waals surface area contributed by atoms with Gasteiger partial charge in [0.05, 0.1) is 22.8 Å². The fourth-order valence-electron chi connectivity index (χ4n) is 3.20. The molecule has 0 aromatic heterocycles. The highest BCUT2D eigenvalue weighted by Gasteiger charge is 2.32. The Balaban J connectivity index is 1.72. The van der Waals surface area contributed by atoms with Crippen molar-refractivity contribution in [3.63, 3.8) is 0 Å². The van der Waals surface area contributed by atoms with Crippen LogP contribution in [-0.2, 0) is 23.9 Å². The van der Waals surface area contributed by atoms with Crippen LogP contribution in [-0.4, -0.2) is 18.5 Å². The zero-order valence-electron chi connectivity index (χ0n) is 14.2. The summed E-state index contributed by atoms with van der Waals surface area (Å²) in [7, 11) is 0. The topological polar surface area (TPSA) is 33.5 Å². The third-order valence-electron chi connectivity index (χ3n) is 4.81. The van der Waals surface area contributed by atoms with Crippen molar-refractivity contribution in [3.8, 4) is 0 Å². The van der Waals surface area contributed by atoms with Crippen LogP contribution in [0.4, 0.5) is 18.9 Å². The Kier molecular flexibility index (Phi) is 5.25. The standard InChI is InChI=1S/C19H18ClF3N2O/c1-12(25-9-8-13-4-2-3-5-14(13)11-25)18(26)24-17-10-15(19(21,22)23)6-7-16(17)20/h2-7,10,12H,8-9,11H2,1H3,(H,24,26)/p+1/t12-/m1/s1. The quantitative estimate of drug-likeness (QED) is 0.837. The van der Waals surface area contributed by atoms with Crippen molar-refractivity contribution in [2.45, 2.75) is 32.1 Å². The summed E-state index contributed by atoms with van der Waals surface area (Å²) < 4.78 is 38.6. The van der Waals surface area contributed by atoms with E-state index < -0.39 is 17.8 Å². The van der Waals surface area contributed by atoms with E-state index in [-0.39, 0.29) is 16.6 Å². The molecule has 3 rings (SSSR count). The number of quaternary nitrogens is 1. The van der Waals surface area contributed by atoms with Gasteiger partial charge in [0.25, 0.3) is 5.91 Å².